The van der Waals surface area contributed by atoms with Crippen LogP contribution in [0.15, 0.2) is 96.6 Å². The van der Waals surface area contributed by atoms with Crippen LogP contribution in [0.5, 0.6) is 17.5 Å². The predicted molar refractivity (Wildman–Crippen MR) is 274 cm³/mol. The number of thiophene rings is 1. The second-order valence-electron chi connectivity index (χ2n) is 18.2. The summed E-state index contributed by atoms with van der Waals surface area (Å²) in [5, 5.41) is 17.3. The number of esters is 1. The summed E-state index contributed by atoms with van der Waals surface area (Å²) in [5.74, 6) is 1.79. The Bertz CT molecular complexity index is 2720. The van der Waals surface area contributed by atoms with Crippen molar-refractivity contribution >= 4 is 52.4 Å². The Hall–Kier alpha value is -6.82. The third-order valence-electron chi connectivity index (χ3n) is 11.5. The summed E-state index contributed by atoms with van der Waals surface area (Å²) >= 11 is 7.12. The van der Waals surface area contributed by atoms with Gasteiger partial charge in [0.2, 0.25) is 11.8 Å². The number of nitrogens with two attached hydrogens (primary N) is 1. The maximum absolute atomic E-state index is 12.3. The maximum Gasteiger partial charge on any atom is 0.326 e. The topological polar surface area (TPSA) is 213 Å². The summed E-state index contributed by atoms with van der Waals surface area (Å²) in [6, 6.07) is 23.5. The van der Waals surface area contributed by atoms with Crippen molar-refractivity contribution in [3.8, 4) is 17.5 Å². The van der Waals surface area contributed by atoms with Gasteiger partial charge in [0, 0.05) is 74.8 Å². The van der Waals surface area contributed by atoms with Gasteiger partial charge in [-0.1, -0.05) is 48.0 Å². The fourth-order valence-corrected chi connectivity index (χ4v) is 8.93. The van der Waals surface area contributed by atoms with Gasteiger partial charge in [0.05, 0.1) is 25.3 Å². The number of carboxylic acid groups (broad SMARTS) is 1. The number of carbonyl (C=O) groups excluding carboxylic acids is 2. The average Bonchev–Trinajstić information content (AvgIpc) is 3.80. The smallest absolute Gasteiger partial charge is 0.326 e. The zero-order valence-electron chi connectivity index (χ0n) is 40.5. The number of nitrogens with zero attached hydrogens (tertiary/aromatic N) is 5. The number of pyridine rings is 4. The van der Waals surface area contributed by atoms with Gasteiger partial charge in [-0.25, -0.2) is 24.7 Å². The van der Waals surface area contributed by atoms with E-state index in [4.69, 9.17) is 41.3 Å². The van der Waals surface area contributed by atoms with E-state index in [9.17, 15) is 19.5 Å². The summed E-state index contributed by atoms with van der Waals surface area (Å²) < 4.78 is 22.2. The molecule has 8 rings (SSSR count). The molecule has 18 heteroatoms. The van der Waals surface area contributed by atoms with Gasteiger partial charge in [0.15, 0.2) is 0 Å². The second-order valence-corrected chi connectivity index (χ2v) is 19.5. The van der Waals surface area contributed by atoms with Crippen molar-refractivity contribution in [2.24, 2.45) is 5.73 Å². The third-order valence-corrected chi connectivity index (χ3v) is 12.9. The number of aliphatic carboxylic acids is 1. The Labute approximate surface area is 423 Å². The number of anilines is 2. The lowest BCUT2D eigenvalue weighted by molar-refractivity contribution is -0.156. The zero-order chi connectivity index (χ0) is 50.3. The number of methoxy groups -OCH3 is 1. The van der Waals surface area contributed by atoms with Crippen molar-refractivity contribution in [2.75, 3.05) is 43.6 Å². The first-order chi connectivity index (χ1) is 34.2. The lowest BCUT2D eigenvalue weighted by atomic mass is 10.0. The number of ether oxygens (including phenoxy) is 4. The number of hydrogen-bond acceptors (Lipinski definition) is 15. The predicted octanol–water partition coefficient (Wildman–Crippen LogP) is 7.87. The van der Waals surface area contributed by atoms with Crippen LogP contribution >= 0.6 is 22.9 Å². The van der Waals surface area contributed by atoms with Gasteiger partial charge in [0.1, 0.15) is 39.9 Å². The number of fused-ring (bicyclic) bond motifs is 2. The molecule has 0 bridgehead atoms. The standard InChI is InChI=1S/C30H38N4O4.C23H23ClN4O4S/c1-30(2,3)38-29(35)26(31)18-22-9-14-27(32-19-22)37-17-15-24-11-10-23-6-5-16-34(28(23)33-24)20-21-7-12-25(36-4)13-8-21;24-17-8-11-33-20(17)22(29)28-18(23(30)31)12-14-3-6-19(26-13-14)32-10-7-16-5-4-15-2-1-9-25-21(15)27-16/h7-14,19,26H,5-6,15-18,20,31H2,1-4H3;3-6,8,11,13,18H,1-2,7,9-10,12H2,(H,25,27)(H,28,29)(H,30,31)/t26-;18-/m00/s1. The van der Waals surface area contributed by atoms with E-state index < -0.39 is 35.5 Å². The number of aromatic nitrogens is 4. The van der Waals surface area contributed by atoms with Gasteiger partial charge in [-0.2, -0.15) is 0 Å². The highest BCUT2D eigenvalue weighted by Crippen LogP contribution is 2.28. The van der Waals surface area contributed by atoms with E-state index in [1.165, 1.54) is 16.7 Å². The Morgan fingerprint density at radius 2 is 1.46 bits per heavy atom. The lowest BCUT2D eigenvalue weighted by Crippen LogP contribution is -2.42. The minimum Gasteiger partial charge on any atom is -0.497 e. The molecule has 7 heterocycles. The molecule has 0 unspecified atom stereocenters. The molecular formula is C53H61ClN8O8S. The molecule has 2 aliphatic rings. The van der Waals surface area contributed by atoms with Gasteiger partial charge in [0.25, 0.3) is 5.91 Å². The van der Waals surface area contributed by atoms with E-state index in [2.05, 4.69) is 60.8 Å². The van der Waals surface area contributed by atoms with E-state index in [1.54, 1.807) is 49.1 Å². The number of aryl methyl sites for hydroxylation is 2. The first-order valence-electron chi connectivity index (χ1n) is 23.7. The molecule has 71 heavy (non-hydrogen) atoms. The molecule has 0 aliphatic carbocycles. The monoisotopic (exact) mass is 1000 g/mol. The molecule has 0 radical (unpaired) electrons. The van der Waals surface area contributed by atoms with Crippen molar-refractivity contribution < 1.29 is 38.4 Å². The van der Waals surface area contributed by atoms with Crippen molar-refractivity contribution in [3.05, 3.63) is 146 Å². The summed E-state index contributed by atoms with van der Waals surface area (Å²) in [5.41, 5.74) is 12.7. The fourth-order valence-electron chi connectivity index (χ4n) is 7.89. The van der Waals surface area contributed by atoms with Gasteiger partial charge >= 0.3 is 11.9 Å². The fraction of sp³-hybridized carbons (Fsp3) is 0.377. The maximum atomic E-state index is 12.3. The summed E-state index contributed by atoms with van der Waals surface area (Å²) in [6.45, 7) is 9.11. The summed E-state index contributed by atoms with van der Waals surface area (Å²) in [6.07, 6.45) is 9.36. The van der Waals surface area contributed by atoms with Gasteiger partial charge in [-0.3, -0.25) is 9.59 Å². The van der Waals surface area contributed by atoms with Crippen LogP contribution in [0, 0.1) is 0 Å². The van der Waals surface area contributed by atoms with Crippen LogP contribution in [0.2, 0.25) is 5.02 Å². The van der Waals surface area contributed by atoms with E-state index in [1.807, 2.05) is 45.0 Å². The zero-order valence-corrected chi connectivity index (χ0v) is 42.1. The Morgan fingerprint density at radius 3 is 2.07 bits per heavy atom. The van der Waals surface area contributed by atoms with Crippen LogP contribution < -0.4 is 35.5 Å². The number of halogens is 1. The highest BCUT2D eigenvalue weighted by Gasteiger charge is 2.25. The molecule has 16 nitrogen and oxygen atoms in total. The minimum atomic E-state index is -1.14. The highest BCUT2D eigenvalue weighted by atomic mass is 35.5. The van der Waals surface area contributed by atoms with E-state index in [-0.39, 0.29) is 11.3 Å². The molecule has 5 aromatic heterocycles. The van der Waals surface area contributed by atoms with Crippen LogP contribution in [-0.2, 0) is 59.4 Å². The van der Waals surface area contributed by atoms with Crippen LogP contribution in [0.1, 0.15) is 82.5 Å². The number of rotatable bonds is 19. The second kappa shape index (κ2) is 24.8. The third kappa shape index (κ3) is 15.6. The molecule has 1 aromatic carbocycles. The first kappa shape index (κ1) is 52.0. The largest absolute Gasteiger partial charge is 0.497 e. The van der Waals surface area contributed by atoms with E-state index >= 15 is 0 Å². The number of hydrogen-bond donors (Lipinski definition) is 4. The number of carboxylic acids is 1. The molecule has 2 atom stereocenters. The molecule has 0 saturated heterocycles. The quantitative estimate of drug-likeness (QED) is 0.0569. The van der Waals surface area contributed by atoms with E-state index in [0.717, 1.165) is 91.0 Å². The van der Waals surface area contributed by atoms with Gasteiger partial charge < -0.3 is 45.3 Å². The molecule has 0 saturated carbocycles. The van der Waals surface area contributed by atoms with Crippen LogP contribution in [0.3, 0.4) is 0 Å². The number of nitrogens with one attached hydrogen (secondary N) is 2. The number of carbonyl (C=O) groups is 3. The molecule has 374 valence electrons. The molecule has 6 aromatic rings. The van der Waals surface area contributed by atoms with Crippen LogP contribution in [0.4, 0.5) is 11.6 Å². The first-order valence-corrected chi connectivity index (χ1v) is 25.0. The Morgan fingerprint density at radius 1 is 0.831 bits per heavy atom. The van der Waals surface area contributed by atoms with Crippen molar-refractivity contribution in [1.82, 2.24) is 25.3 Å². The van der Waals surface area contributed by atoms with Crippen LogP contribution in [-0.4, -0.2) is 94.0 Å². The SMILES string of the molecule is COc1ccc(CN2CCCc3ccc(CCOc4ccc(C[C@H](N)C(=O)OC(C)(C)C)cn4)nc32)cc1.O=C(N[C@@H](Cc1ccc(OCCc2ccc3c(n2)NCCC3)nc1)C(=O)O)c1sccc1Cl. The molecular weight excluding hydrogens is 944 g/mol. The number of benzene rings is 1. The van der Waals surface area contributed by atoms with Crippen molar-refractivity contribution in [1.29, 1.82) is 0 Å². The average molecular weight is 1010 g/mol. The van der Waals surface area contributed by atoms with Gasteiger partial charge in [-0.15, -0.1) is 11.3 Å². The molecule has 5 N–H and O–H groups in total. The molecule has 0 spiro atoms. The highest BCUT2D eigenvalue weighted by molar-refractivity contribution is 7.12. The minimum absolute atomic E-state index is 0.0867. The van der Waals surface area contributed by atoms with E-state index in [0.29, 0.717) is 54.8 Å². The van der Waals surface area contributed by atoms with Crippen molar-refractivity contribution in [3.63, 3.8) is 0 Å². The summed E-state index contributed by atoms with van der Waals surface area (Å²) in [4.78, 5) is 57.0. The van der Waals surface area contributed by atoms with Crippen LogP contribution in [0.25, 0.3) is 0 Å². The van der Waals surface area contributed by atoms with Crippen molar-refractivity contribution in [2.45, 2.75) is 96.4 Å². The molecule has 0 fully saturated rings. The lowest BCUT2D eigenvalue weighted by Gasteiger charge is -2.30. The molecule has 1 amide bonds. The Kier molecular flexibility index (Phi) is 18.2. The summed E-state index contributed by atoms with van der Waals surface area (Å²) in [7, 11) is 1.68. The van der Waals surface area contributed by atoms with Gasteiger partial charge in [-0.05, 0) is 116 Å². The Balaban J connectivity index is 0.000000211. The molecule has 2 aliphatic heterocycles. The normalized spacial score (nSPS) is 13.7. The number of amides is 1.